The number of ether oxygens (including phenoxy) is 3. The predicted octanol–water partition coefficient (Wildman–Crippen LogP) is 24.1. The predicted molar refractivity (Wildman–Crippen MR) is 362 cm³/mol. The van der Waals surface area contributed by atoms with Crippen LogP contribution in [-0.4, -0.2) is 37.2 Å². The van der Waals surface area contributed by atoms with Crippen molar-refractivity contribution < 1.29 is 28.6 Å². The van der Waals surface area contributed by atoms with E-state index in [1.54, 1.807) is 0 Å². The van der Waals surface area contributed by atoms with E-state index in [1.807, 2.05) is 0 Å². The number of esters is 3. The Bertz CT molecular complexity index is 1750. The van der Waals surface area contributed by atoms with Crippen LogP contribution in [0.3, 0.4) is 0 Å². The lowest BCUT2D eigenvalue weighted by atomic mass is 10.0. The molecule has 0 bridgehead atoms. The second kappa shape index (κ2) is 70.0. The zero-order valence-corrected chi connectivity index (χ0v) is 54.2. The van der Waals surface area contributed by atoms with E-state index < -0.39 is 6.10 Å². The Morgan fingerprint density at radius 3 is 0.735 bits per heavy atom. The Morgan fingerprint density at radius 1 is 0.253 bits per heavy atom. The molecule has 0 amide bonds. The van der Waals surface area contributed by atoms with Crippen molar-refractivity contribution >= 4 is 17.9 Å². The van der Waals surface area contributed by atoms with E-state index in [0.717, 1.165) is 141 Å². The first-order valence-corrected chi connectivity index (χ1v) is 34.7. The molecule has 472 valence electrons. The highest BCUT2D eigenvalue weighted by Gasteiger charge is 2.19. The van der Waals surface area contributed by atoms with E-state index in [9.17, 15) is 14.4 Å². The lowest BCUT2D eigenvalue weighted by Gasteiger charge is -2.18. The molecule has 0 saturated carbocycles. The zero-order chi connectivity index (χ0) is 59.9. The fourth-order valence-electron chi connectivity index (χ4n) is 9.53. The minimum absolute atomic E-state index is 0.0870. The first-order chi connectivity index (χ1) is 41.0. The van der Waals surface area contributed by atoms with E-state index in [2.05, 4.69) is 154 Å². The van der Waals surface area contributed by atoms with Gasteiger partial charge in [0.2, 0.25) is 0 Å². The Kier molecular flexibility index (Phi) is 66.3. The van der Waals surface area contributed by atoms with Crippen molar-refractivity contribution in [2.75, 3.05) is 13.2 Å². The van der Waals surface area contributed by atoms with Crippen LogP contribution >= 0.6 is 0 Å². The normalized spacial score (nSPS) is 13.0. The molecular formula is C77H128O6. The molecule has 0 rings (SSSR count). The molecule has 0 radical (unpaired) electrons. The number of hydrogen-bond donors (Lipinski definition) is 0. The van der Waals surface area contributed by atoms with Gasteiger partial charge in [0.05, 0.1) is 0 Å². The molecule has 6 nitrogen and oxygen atoms in total. The van der Waals surface area contributed by atoms with Gasteiger partial charge in [-0.1, -0.05) is 315 Å². The van der Waals surface area contributed by atoms with Crippen LogP contribution in [0.25, 0.3) is 0 Å². The Hall–Kier alpha value is -4.45. The summed E-state index contributed by atoms with van der Waals surface area (Å²) in [6.07, 6.45) is 99.0. The van der Waals surface area contributed by atoms with Gasteiger partial charge in [-0.25, -0.2) is 0 Å². The number of carbonyl (C=O) groups excluding carboxylic acids is 3. The molecular weight excluding hydrogens is 1020 g/mol. The van der Waals surface area contributed by atoms with Crippen LogP contribution in [0.1, 0.15) is 316 Å². The van der Waals surface area contributed by atoms with Crippen molar-refractivity contribution in [3.8, 4) is 0 Å². The average Bonchev–Trinajstić information content (AvgIpc) is 3.49. The third kappa shape index (κ3) is 68.2. The standard InChI is InChI=1S/C77H128O6/c1-4-7-10-13-16-19-22-25-27-29-30-31-32-33-34-35-36-37-38-39-40-41-42-43-44-45-46-48-49-52-55-58-61-64-67-70-76(79)82-73-74(72-81-75(78)69-66-63-60-57-54-51-24-21-18-15-12-9-6-3)83-77(80)71-68-65-62-59-56-53-50-47-28-26-23-20-17-14-11-8-5-2/h7-8,10-11,16-17,19-20,25-28,30-31,33-34,36-37,39-40,50,53,74H,4-6,9,12-15,18,21-24,29,32,35,38,41-49,51-52,54-73H2,1-3H3/b10-7-,11-8-,19-16-,20-17-,27-25-,28-26-,31-30-,34-33-,37-36-,40-39-,53-50-. The third-order valence-electron chi connectivity index (χ3n) is 14.7. The van der Waals surface area contributed by atoms with Gasteiger partial charge in [-0.2, -0.15) is 0 Å². The van der Waals surface area contributed by atoms with Crippen molar-refractivity contribution in [1.82, 2.24) is 0 Å². The molecule has 0 aliphatic rings. The van der Waals surface area contributed by atoms with Crippen LogP contribution < -0.4 is 0 Å². The quantitative estimate of drug-likeness (QED) is 0.0261. The molecule has 0 N–H and O–H groups in total. The molecule has 0 saturated heterocycles. The molecule has 0 aliphatic heterocycles. The zero-order valence-electron chi connectivity index (χ0n) is 54.2. The molecule has 0 aromatic rings. The molecule has 0 heterocycles. The molecule has 0 aromatic carbocycles. The van der Waals surface area contributed by atoms with Crippen molar-refractivity contribution in [1.29, 1.82) is 0 Å². The van der Waals surface area contributed by atoms with Crippen molar-refractivity contribution in [3.63, 3.8) is 0 Å². The third-order valence-corrected chi connectivity index (χ3v) is 14.7. The number of rotatable bonds is 62. The fourth-order valence-corrected chi connectivity index (χ4v) is 9.53. The summed E-state index contributed by atoms with van der Waals surface area (Å²) in [5.74, 6) is -0.904. The first-order valence-electron chi connectivity index (χ1n) is 34.7. The van der Waals surface area contributed by atoms with Crippen LogP contribution in [0, 0.1) is 0 Å². The van der Waals surface area contributed by atoms with Gasteiger partial charge in [0.25, 0.3) is 0 Å². The highest BCUT2D eigenvalue weighted by Crippen LogP contribution is 2.17. The lowest BCUT2D eigenvalue weighted by molar-refractivity contribution is -0.167. The Balaban J connectivity index is 4.22. The molecule has 1 atom stereocenters. The van der Waals surface area contributed by atoms with Gasteiger partial charge in [-0.05, 0) is 116 Å². The highest BCUT2D eigenvalue weighted by atomic mass is 16.6. The van der Waals surface area contributed by atoms with Gasteiger partial charge >= 0.3 is 17.9 Å². The molecule has 1 unspecified atom stereocenters. The van der Waals surface area contributed by atoms with Crippen LogP contribution in [0.2, 0.25) is 0 Å². The maximum Gasteiger partial charge on any atom is 0.306 e. The highest BCUT2D eigenvalue weighted by molar-refractivity contribution is 5.71. The molecule has 0 fully saturated rings. The van der Waals surface area contributed by atoms with Crippen LogP contribution in [0.15, 0.2) is 134 Å². The van der Waals surface area contributed by atoms with Crippen molar-refractivity contribution in [2.45, 2.75) is 322 Å². The second-order valence-corrected chi connectivity index (χ2v) is 22.7. The number of unbranched alkanes of at least 4 members (excludes halogenated alkanes) is 29. The van der Waals surface area contributed by atoms with Crippen LogP contribution in [0.4, 0.5) is 0 Å². The van der Waals surface area contributed by atoms with E-state index in [4.69, 9.17) is 14.2 Å². The van der Waals surface area contributed by atoms with Crippen molar-refractivity contribution in [2.24, 2.45) is 0 Å². The molecule has 83 heavy (non-hydrogen) atoms. The topological polar surface area (TPSA) is 78.9 Å². The fraction of sp³-hybridized carbons (Fsp3) is 0.675. The maximum absolute atomic E-state index is 12.9. The largest absolute Gasteiger partial charge is 0.462 e. The van der Waals surface area contributed by atoms with Crippen LogP contribution in [0.5, 0.6) is 0 Å². The lowest BCUT2D eigenvalue weighted by Crippen LogP contribution is -2.30. The number of hydrogen-bond acceptors (Lipinski definition) is 6. The smallest absolute Gasteiger partial charge is 0.306 e. The molecule has 0 aliphatic carbocycles. The van der Waals surface area contributed by atoms with E-state index in [0.29, 0.717) is 19.3 Å². The summed E-state index contributed by atoms with van der Waals surface area (Å²) < 4.78 is 16.9. The summed E-state index contributed by atoms with van der Waals surface area (Å²) in [6.45, 7) is 6.41. The van der Waals surface area contributed by atoms with Gasteiger partial charge in [0.15, 0.2) is 6.10 Å². The van der Waals surface area contributed by atoms with Gasteiger partial charge in [0.1, 0.15) is 13.2 Å². The summed E-state index contributed by atoms with van der Waals surface area (Å²) in [6, 6.07) is 0. The summed E-state index contributed by atoms with van der Waals surface area (Å²) in [5, 5.41) is 0. The van der Waals surface area contributed by atoms with Gasteiger partial charge in [-0.3, -0.25) is 14.4 Å². The van der Waals surface area contributed by atoms with E-state index in [1.165, 1.54) is 135 Å². The summed E-state index contributed by atoms with van der Waals surface area (Å²) in [4.78, 5) is 38.4. The van der Waals surface area contributed by atoms with Gasteiger partial charge < -0.3 is 14.2 Å². The van der Waals surface area contributed by atoms with Gasteiger partial charge in [-0.15, -0.1) is 0 Å². The van der Waals surface area contributed by atoms with E-state index >= 15 is 0 Å². The van der Waals surface area contributed by atoms with E-state index in [-0.39, 0.29) is 31.1 Å². The SMILES string of the molecule is CC/C=C\C/C=C\C/C=C\C/C=C\C/C=C\C/C=C\C/C=C\CCCCCCCCCCCCCCCC(=O)OCC(COC(=O)CCCCCCCCCCCCCCC)OC(=O)CCCCCC/C=C\C/C=C\C/C=C\C/C=C\CC. The number of carbonyl (C=O) groups is 3. The Labute approximate surface area is 513 Å². The van der Waals surface area contributed by atoms with Crippen molar-refractivity contribution in [3.05, 3.63) is 134 Å². The first kappa shape index (κ1) is 78.5. The number of allylic oxidation sites excluding steroid dienone is 22. The molecule has 0 aromatic heterocycles. The minimum atomic E-state index is -0.793. The second-order valence-electron chi connectivity index (χ2n) is 22.7. The Morgan fingerprint density at radius 2 is 0.470 bits per heavy atom. The van der Waals surface area contributed by atoms with Gasteiger partial charge in [0, 0.05) is 19.3 Å². The average molecular weight is 1150 g/mol. The summed E-state index contributed by atoms with van der Waals surface area (Å²) in [7, 11) is 0. The minimum Gasteiger partial charge on any atom is -0.462 e. The summed E-state index contributed by atoms with van der Waals surface area (Å²) in [5.41, 5.74) is 0. The monoisotopic (exact) mass is 1150 g/mol. The molecule has 0 spiro atoms. The maximum atomic E-state index is 12.9. The van der Waals surface area contributed by atoms with Crippen LogP contribution in [-0.2, 0) is 28.6 Å². The molecule has 6 heteroatoms. The summed E-state index contributed by atoms with van der Waals surface area (Å²) >= 11 is 0.